The van der Waals surface area contributed by atoms with E-state index in [9.17, 15) is 14.3 Å². The molecule has 0 radical (unpaired) electrons. The van der Waals surface area contributed by atoms with Crippen molar-refractivity contribution in [2.75, 3.05) is 18.5 Å². The van der Waals surface area contributed by atoms with Crippen molar-refractivity contribution in [1.82, 2.24) is 4.90 Å². The maximum atomic E-state index is 13.6. The van der Waals surface area contributed by atoms with Crippen LogP contribution in [0.25, 0.3) is 0 Å². The molecule has 1 aliphatic rings. The van der Waals surface area contributed by atoms with Crippen LogP contribution in [-0.4, -0.2) is 34.6 Å². The number of halogens is 1. The van der Waals surface area contributed by atoms with E-state index in [1.807, 2.05) is 0 Å². The van der Waals surface area contributed by atoms with Gasteiger partial charge in [-0.15, -0.1) is 0 Å². The Morgan fingerprint density at radius 2 is 2.32 bits per heavy atom. The molecular formula is C13H18FN3O2. The maximum Gasteiger partial charge on any atom is 0.256 e. The summed E-state index contributed by atoms with van der Waals surface area (Å²) in [5, 5.41) is 10.0. The molecule has 4 N–H and O–H groups in total. The second-order valence-corrected chi connectivity index (χ2v) is 5.13. The summed E-state index contributed by atoms with van der Waals surface area (Å²) in [4.78, 5) is 13.9. The third-order valence-corrected chi connectivity index (χ3v) is 3.35. The Bertz CT molecular complexity index is 491. The third kappa shape index (κ3) is 2.85. The quantitative estimate of drug-likeness (QED) is 0.554. The molecule has 6 heteroatoms. The van der Waals surface area contributed by atoms with Crippen LogP contribution in [0.4, 0.5) is 10.1 Å². The number of β-amino-alcohol motifs (C(OH)–C–C–N with tert-alkyl or cyclic N) is 1. The molecule has 19 heavy (non-hydrogen) atoms. The molecule has 0 spiro atoms. The van der Waals surface area contributed by atoms with Gasteiger partial charge >= 0.3 is 0 Å². The summed E-state index contributed by atoms with van der Waals surface area (Å²) in [5.74, 6) is 4.36. The molecule has 1 atom stereocenters. The molecule has 1 fully saturated rings. The predicted molar refractivity (Wildman–Crippen MR) is 70.0 cm³/mol. The second kappa shape index (κ2) is 5.14. The van der Waals surface area contributed by atoms with Gasteiger partial charge in [0.15, 0.2) is 0 Å². The number of nitrogens with zero attached hydrogens (tertiary/aromatic N) is 1. The number of likely N-dealkylation sites (tertiary alicyclic amines) is 1. The molecule has 0 aliphatic carbocycles. The maximum absolute atomic E-state index is 13.6. The van der Waals surface area contributed by atoms with Gasteiger partial charge in [-0.25, -0.2) is 4.39 Å². The van der Waals surface area contributed by atoms with Gasteiger partial charge in [0.05, 0.1) is 16.9 Å². The largest absolute Gasteiger partial charge is 0.388 e. The van der Waals surface area contributed by atoms with Crippen LogP contribution in [0.15, 0.2) is 18.2 Å². The number of aliphatic hydroxyl groups is 1. The number of benzene rings is 1. The monoisotopic (exact) mass is 267 g/mol. The number of nitrogens with two attached hydrogens (primary N) is 1. The summed E-state index contributed by atoms with van der Waals surface area (Å²) in [6.07, 6.45) is 1.38. The fraction of sp³-hybridized carbons (Fsp3) is 0.462. The fourth-order valence-corrected chi connectivity index (χ4v) is 2.41. The number of hydrogen-bond acceptors (Lipinski definition) is 4. The van der Waals surface area contributed by atoms with Crippen molar-refractivity contribution in [1.29, 1.82) is 0 Å². The van der Waals surface area contributed by atoms with Crippen LogP contribution in [0, 0.1) is 5.82 Å². The van der Waals surface area contributed by atoms with Gasteiger partial charge in [-0.3, -0.25) is 10.6 Å². The average molecular weight is 267 g/mol. The molecular weight excluding hydrogens is 249 g/mol. The minimum Gasteiger partial charge on any atom is -0.388 e. The number of piperidine rings is 1. The summed E-state index contributed by atoms with van der Waals surface area (Å²) in [6.45, 7) is 2.49. The van der Waals surface area contributed by atoms with E-state index in [4.69, 9.17) is 5.84 Å². The van der Waals surface area contributed by atoms with Crippen molar-refractivity contribution in [2.45, 2.75) is 25.4 Å². The topological polar surface area (TPSA) is 78.6 Å². The lowest BCUT2D eigenvalue weighted by Crippen LogP contribution is -2.48. The molecule has 104 valence electrons. The summed E-state index contributed by atoms with van der Waals surface area (Å²) >= 11 is 0. The lowest BCUT2D eigenvalue weighted by Gasteiger charge is -2.37. The first-order chi connectivity index (χ1) is 8.94. The number of nitrogen functional groups attached to an aromatic ring is 1. The molecule has 1 saturated heterocycles. The standard InChI is InChI=1S/C13H18FN3O2/c1-13(19)6-3-7-17(8-13)12(18)9-4-2-5-10(14)11(9)16-15/h2,4-5,16,19H,3,6-8,15H2,1H3. The lowest BCUT2D eigenvalue weighted by molar-refractivity contribution is -0.0107. The predicted octanol–water partition coefficient (Wildman–Crippen LogP) is 1.10. The van der Waals surface area contributed by atoms with E-state index >= 15 is 0 Å². The number of carbonyl (C=O) groups is 1. The Hall–Kier alpha value is -1.66. The fourth-order valence-electron chi connectivity index (χ4n) is 2.41. The Morgan fingerprint density at radius 1 is 1.58 bits per heavy atom. The first kappa shape index (κ1) is 13.8. The number of nitrogens with one attached hydrogen (secondary N) is 1. The molecule has 1 aliphatic heterocycles. The van der Waals surface area contributed by atoms with Gasteiger partial charge in [0.25, 0.3) is 5.91 Å². The molecule has 1 heterocycles. The Labute approximate surface area is 111 Å². The van der Waals surface area contributed by atoms with E-state index in [1.54, 1.807) is 6.92 Å². The second-order valence-electron chi connectivity index (χ2n) is 5.13. The molecule has 0 aromatic heterocycles. The molecule has 1 aromatic rings. The molecule has 1 amide bonds. The highest BCUT2D eigenvalue weighted by Gasteiger charge is 2.32. The smallest absolute Gasteiger partial charge is 0.256 e. The minimum atomic E-state index is -0.891. The summed E-state index contributed by atoms with van der Waals surface area (Å²) in [7, 11) is 0. The van der Waals surface area contributed by atoms with Crippen molar-refractivity contribution in [2.24, 2.45) is 5.84 Å². The van der Waals surface area contributed by atoms with E-state index in [0.29, 0.717) is 13.0 Å². The van der Waals surface area contributed by atoms with Gasteiger partial charge in [0, 0.05) is 13.1 Å². The van der Waals surface area contributed by atoms with Crippen LogP contribution in [0.2, 0.25) is 0 Å². The zero-order valence-corrected chi connectivity index (χ0v) is 10.8. The first-order valence-electron chi connectivity index (χ1n) is 6.21. The number of hydrogen-bond donors (Lipinski definition) is 3. The zero-order chi connectivity index (χ0) is 14.0. The number of para-hydroxylation sites is 1. The van der Waals surface area contributed by atoms with E-state index in [2.05, 4.69) is 5.43 Å². The van der Waals surface area contributed by atoms with Gasteiger partial charge in [-0.1, -0.05) is 6.07 Å². The Morgan fingerprint density at radius 3 is 2.95 bits per heavy atom. The van der Waals surface area contributed by atoms with Crippen molar-refractivity contribution in [3.63, 3.8) is 0 Å². The van der Waals surface area contributed by atoms with Gasteiger partial charge in [0.2, 0.25) is 0 Å². The van der Waals surface area contributed by atoms with Crippen LogP contribution in [0.3, 0.4) is 0 Å². The molecule has 0 bridgehead atoms. The highest BCUT2D eigenvalue weighted by Crippen LogP contribution is 2.25. The summed E-state index contributed by atoms with van der Waals surface area (Å²) in [5.41, 5.74) is 1.49. The number of amides is 1. The first-order valence-corrected chi connectivity index (χ1v) is 6.21. The van der Waals surface area contributed by atoms with Gasteiger partial charge < -0.3 is 15.4 Å². The lowest BCUT2D eigenvalue weighted by atomic mass is 9.94. The van der Waals surface area contributed by atoms with Crippen LogP contribution in [-0.2, 0) is 0 Å². The molecule has 1 aromatic carbocycles. The minimum absolute atomic E-state index is 0.0160. The van der Waals surface area contributed by atoms with E-state index in [0.717, 1.165) is 6.42 Å². The number of anilines is 1. The van der Waals surface area contributed by atoms with Crippen LogP contribution in [0.5, 0.6) is 0 Å². The van der Waals surface area contributed by atoms with Gasteiger partial charge in [-0.2, -0.15) is 0 Å². The van der Waals surface area contributed by atoms with E-state index in [-0.39, 0.29) is 23.7 Å². The Balaban J connectivity index is 2.27. The molecule has 1 unspecified atom stereocenters. The van der Waals surface area contributed by atoms with Crippen LogP contribution < -0.4 is 11.3 Å². The average Bonchev–Trinajstić information content (AvgIpc) is 2.36. The van der Waals surface area contributed by atoms with Crippen molar-refractivity contribution in [3.8, 4) is 0 Å². The van der Waals surface area contributed by atoms with Crippen LogP contribution >= 0.6 is 0 Å². The van der Waals surface area contributed by atoms with Gasteiger partial charge in [0.1, 0.15) is 5.82 Å². The zero-order valence-electron chi connectivity index (χ0n) is 10.8. The molecule has 5 nitrogen and oxygen atoms in total. The Kier molecular flexibility index (Phi) is 3.73. The van der Waals surface area contributed by atoms with Crippen molar-refractivity contribution >= 4 is 11.6 Å². The normalized spacial score (nSPS) is 23.3. The summed E-state index contributed by atoms with van der Waals surface area (Å²) < 4.78 is 13.6. The highest BCUT2D eigenvalue weighted by molar-refractivity contribution is 5.99. The summed E-state index contributed by atoms with van der Waals surface area (Å²) in [6, 6.07) is 4.22. The van der Waals surface area contributed by atoms with Crippen LogP contribution in [0.1, 0.15) is 30.1 Å². The van der Waals surface area contributed by atoms with Gasteiger partial charge in [-0.05, 0) is 31.9 Å². The molecule has 0 saturated carbocycles. The van der Waals surface area contributed by atoms with E-state index in [1.165, 1.54) is 23.1 Å². The number of hydrazine groups is 1. The third-order valence-electron chi connectivity index (χ3n) is 3.35. The SMILES string of the molecule is CC1(O)CCCN(C(=O)c2cccc(F)c2NN)C1. The number of carbonyl (C=O) groups excluding carboxylic acids is 1. The van der Waals surface area contributed by atoms with Crippen molar-refractivity contribution in [3.05, 3.63) is 29.6 Å². The molecule has 2 rings (SSSR count). The van der Waals surface area contributed by atoms with Crippen molar-refractivity contribution < 1.29 is 14.3 Å². The van der Waals surface area contributed by atoms with E-state index < -0.39 is 11.4 Å². The highest BCUT2D eigenvalue weighted by atomic mass is 19.1. The number of rotatable bonds is 2.